The average Bonchev–Trinajstić information content (AvgIpc) is 2.64. The summed E-state index contributed by atoms with van der Waals surface area (Å²) in [5.74, 6) is -0.974. The number of hydrogen-bond acceptors (Lipinski definition) is 3. The quantitative estimate of drug-likeness (QED) is 0.832. The lowest BCUT2D eigenvalue weighted by Crippen LogP contribution is -2.46. The van der Waals surface area contributed by atoms with E-state index in [0.29, 0.717) is 37.2 Å². The summed E-state index contributed by atoms with van der Waals surface area (Å²) in [6.07, 6.45) is 1.26. The van der Waals surface area contributed by atoms with E-state index < -0.39 is 5.82 Å². The molecule has 26 heavy (non-hydrogen) atoms. The zero-order chi connectivity index (χ0) is 18.7. The summed E-state index contributed by atoms with van der Waals surface area (Å²) in [4.78, 5) is 26.5. The minimum absolute atomic E-state index is 0.0204. The maximum Gasteiger partial charge on any atom is 0.256 e. The third-order valence-corrected chi connectivity index (χ3v) is 4.73. The molecule has 3 N–H and O–H groups in total. The molecule has 0 aromatic heterocycles. The van der Waals surface area contributed by atoms with Crippen LogP contribution in [0.25, 0.3) is 0 Å². The second-order valence-electron chi connectivity index (χ2n) is 6.59. The van der Waals surface area contributed by atoms with Gasteiger partial charge in [0, 0.05) is 30.4 Å². The Morgan fingerprint density at radius 3 is 2.50 bits per heavy atom. The van der Waals surface area contributed by atoms with Crippen LogP contribution in [0.15, 0.2) is 42.5 Å². The number of carbonyl (C=O) groups is 2. The van der Waals surface area contributed by atoms with E-state index in [1.165, 1.54) is 12.1 Å². The number of nitrogens with one attached hydrogen (secondary N) is 1. The van der Waals surface area contributed by atoms with Gasteiger partial charge < -0.3 is 16.0 Å². The lowest BCUT2D eigenvalue weighted by atomic mass is 10.0. The lowest BCUT2D eigenvalue weighted by molar-refractivity contribution is 0.0693. The van der Waals surface area contributed by atoms with Crippen molar-refractivity contribution in [3.63, 3.8) is 0 Å². The number of halogens is 1. The average molecular weight is 355 g/mol. The van der Waals surface area contributed by atoms with E-state index in [2.05, 4.69) is 5.32 Å². The van der Waals surface area contributed by atoms with Crippen LogP contribution in [0.2, 0.25) is 0 Å². The fraction of sp³-hybridized carbons (Fsp3) is 0.300. The molecule has 6 heteroatoms. The minimum Gasteiger partial charge on any atom is -0.399 e. The molecule has 2 aromatic rings. The van der Waals surface area contributed by atoms with Crippen LogP contribution in [0.5, 0.6) is 0 Å². The number of hydrogen-bond donors (Lipinski definition) is 2. The first-order valence-electron chi connectivity index (χ1n) is 8.66. The van der Waals surface area contributed by atoms with Crippen molar-refractivity contribution in [2.24, 2.45) is 0 Å². The Bertz CT molecular complexity index is 830. The molecule has 0 bridgehead atoms. The van der Waals surface area contributed by atoms with Crippen LogP contribution in [0.1, 0.15) is 39.1 Å². The summed E-state index contributed by atoms with van der Waals surface area (Å²) in [5.41, 5.74) is 7.83. The Morgan fingerprint density at radius 2 is 1.81 bits per heavy atom. The van der Waals surface area contributed by atoms with E-state index in [9.17, 15) is 14.0 Å². The molecular formula is C20H22FN3O2. The van der Waals surface area contributed by atoms with Crippen molar-refractivity contribution in [2.75, 3.05) is 18.8 Å². The number of nitrogen functional groups attached to an aromatic ring is 1. The first-order chi connectivity index (χ1) is 12.5. The monoisotopic (exact) mass is 355 g/mol. The van der Waals surface area contributed by atoms with Crippen LogP contribution in [-0.2, 0) is 0 Å². The summed E-state index contributed by atoms with van der Waals surface area (Å²) >= 11 is 0. The number of rotatable bonds is 3. The van der Waals surface area contributed by atoms with Gasteiger partial charge in [0.25, 0.3) is 11.8 Å². The predicted molar refractivity (Wildman–Crippen MR) is 98.4 cm³/mol. The zero-order valence-corrected chi connectivity index (χ0v) is 14.7. The molecule has 0 unspecified atom stereocenters. The van der Waals surface area contributed by atoms with Crippen LogP contribution in [0.4, 0.5) is 10.1 Å². The van der Waals surface area contributed by atoms with Crippen LogP contribution < -0.4 is 11.1 Å². The summed E-state index contributed by atoms with van der Waals surface area (Å²) in [6.45, 7) is 2.83. The van der Waals surface area contributed by atoms with Gasteiger partial charge in [0.1, 0.15) is 5.82 Å². The Kier molecular flexibility index (Phi) is 5.21. The normalized spacial score (nSPS) is 14.9. The molecule has 0 saturated carbocycles. The van der Waals surface area contributed by atoms with E-state index in [4.69, 9.17) is 5.73 Å². The van der Waals surface area contributed by atoms with Crippen molar-refractivity contribution in [2.45, 2.75) is 25.8 Å². The number of likely N-dealkylation sites (tertiary alicyclic amines) is 1. The molecule has 3 rings (SSSR count). The summed E-state index contributed by atoms with van der Waals surface area (Å²) in [5, 5.41) is 3.01. The summed E-state index contributed by atoms with van der Waals surface area (Å²) < 4.78 is 13.8. The van der Waals surface area contributed by atoms with Gasteiger partial charge in [-0.05, 0) is 49.6 Å². The third-order valence-electron chi connectivity index (χ3n) is 4.73. The number of piperidine rings is 1. The molecule has 1 aliphatic heterocycles. The molecule has 2 amide bonds. The first-order valence-corrected chi connectivity index (χ1v) is 8.66. The van der Waals surface area contributed by atoms with Gasteiger partial charge in [-0.2, -0.15) is 0 Å². The van der Waals surface area contributed by atoms with Crippen molar-refractivity contribution >= 4 is 17.5 Å². The van der Waals surface area contributed by atoms with E-state index in [-0.39, 0.29) is 23.4 Å². The molecule has 1 heterocycles. The van der Waals surface area contributed by atoms with Gasteiger partial charge in [-0.15, -0.1) is 0 Å². The first kappa shape index (κ1) is 17.9. The summed E-state index contributed by atoms with van der Waals surface area (Å²) in [7, 11) is 0. The van der Waals surface area contributed by atoms with Gasteiger partial charge in [0.2, 0.25) is 0 Å². The van der Waals surface area contributed by atoms with Crippen molar-refractivity contribution < 1.29 is 14.0 Å². The smallest absolute Gasteiger partial charge is 0.256 e. The van der Waals surface area contributed by atoms with Crippen LogP contribution in [0, 0.1) is 12.7 Å². The lowest BCUT2D eigenvalue weighted by Gasteiger charge is -2.32. The maximum absolute atomic E-state index is 13.8. The largest absolute Gasteiger partial charge is 0.399 e. The topological polar surface area (TPSA) is 75.4 Å². The van der Waals surface area contributed by atoms with Gasteiger partial charge in [-0.25, -0.2) is 4.39 Å². The molecule has 136 valence electrons. The number of nitrogens with two attached hydrogens (primary N) is 1. The molecule has 0 radical (unpaired) electrons. The SMILES string of the molecule is Cc1ccc(N)cc1C(=O)NC1CCN(C(=O)c2ccccc2F)CC1. The van der Waals surface area contributed by atoms with Crippen molar-refractivity contribution in [3.05, 3.63) is 65.0 Å². The Morgan fingerprint density at radius 1 is 1.12 bits per heavy atom. The number of anilines is 1. The fourth-order valence-electron chi connectivity index (χ4n) is 3.18. The van der Waals surface area contributed by atoms with Crippen LogP contribution >= 0.6 is 0 Å². The van der Waals surface area contributed by atoms with Crippen molar-refractivity contribution in [1.82, 2.24) is 10.2 Å². The molecule has 1 aliphatic rings. The van der Waals surface area contributed by atoms with Gasteiger partial charge in [0.15, 0.2) is 0 Å². The predicted octanol–water partition coefficient (Wildman–Crippen LogP) is 2.75. The number of amides is 2. The Balaban J connectivity index is 1.59. The second-order valence-corrected chi connectivity index (χ2v) is 6.59. The zero-order valence-electron chi connectivity index (χ0n) is 14.7. The van der Waals surface area contributed by atoms with Gasteiger partial charge in [0.05, 0.1) is 5.56 Å². The second kappa shape index (κ2) is 7.56. The molecular weight excluding hydrogens is 333 g/mol. The molecule has 1 fully saturated rings. The number of carbonyl (C=O) groups excluding carboxylic acids is 2. The highest BCUT2D eigenvalue weighted by Crippen LogP contribution is 2.18. The molecule has 0 atom stereocenters. The molecule has 5 nitrogen and oxygen atoms in total. The van der Waals surface area contributed by atoms with E-state index >= 15 is 0 Å². The molecule has 0 spiro atoms. The molecule has 0 aliphatic carbocycles. The molecule has 2 aromatic carbocycles. The highest BCUT2D eigenvalue weighted by molar-refractivity contribution is 5.97. The number of benzene rings is 2. The third kappa shape index (κ3) is 3.85. The van der Waals surface area contributed by atoms with E-state index in [0.717, 1.165) is 5.56 Å². The molecule has 1 saturated heterocycles. The Hall–Kier alpha value is -2.89. The van der Waals surface area contributed by atoms with E-state index in [1.807, 2.05) is 13.0 Å². The fourth-order valence-corrected chi connectivity index (χ4v) is 3.18. The number of aryl methyl sites for hydroxylation is 1. The minimum atomic E-state index is -0.509. The standard InChI is InChI=1S/C20H22FN3O2/c1-13-6-7-14(22)12-17(13)19(25)23-15-8-10-24(11-9-15)20(26)16-4-2-3-5-18(16)21/h2-7,12,15H,8-11,22H2,1H3,(H,23,25). The van der Waals surface area contributed by atoms with E-state index in [1.54, 1.807) is 29.2 Å². The van der Waals surface area contributed by atoms with Crippen LogP contribution in [0.3, 0.4) is 0 Å². The van der Waals surface area contributed by atoms with Gasteiger partial charge in [-0.3, -0.25) is 9.59 Å². The maximum atomic E-state index is 13.8. The number of nitrogens with zero attached hydrogens (tertiary/aromatic N) is 1. The Labute approximate surface area is 152 Å². The highest BCUT2D eigenvalue weighted by atomic mass is 19.1. The highest BCUT2D eigenvalue weighted by Gasteiger charge is 2.26. The van der Waals surface area contributed by atoms with Gasteiger partial charge in [-0.1, -0.05) is 18.2 Å². The van der Waals surface area contributed by atoms with Gasteiger partial charge >= 0.3 is 0 Å². The van der Waals surface area contributed by atoms with Crippen LogP contribution in [-0.4, -0.2) is 35.8 Å². The van der Waals surface area contributed by atoms with Crippen molar-refractivity contribution in [3.8, 4) is 0 Å². The van der Waals surface area contributed by atoms with Crippen molar-refractivity contribution in [1.29, 1.82) is 0 Å². The summed E-state index contributed by atoms with van der Waals surface area (Å²) in [6, 6.07) is 11.2.